The summed E-state index contributed by atoms with van der Waals surface area (Å²) in [5, 5.41) is 14.3. The van der Waals surface area contributed by atoms with Crippen molar-refractivity contribution in [3.05, 3.63) is 30.3 Å². The van der Waals surface area contributed by atoms with Gasteiger partial charge in [0.05, 0.1) is 0 Å². The zero-order valence-electron chi connectivity index (χ0n) is 12.5. The van der Waals surface area contributed by atoms with Crippen molar-refractivity contribution in [1.29, 1.82) is 0 Å². The van der Waals surface area contributed by atoms with Crippen LogP contribution in [0, 0.1) is 5.92 Å². The monoisotopic (exact) mass is 292 g/mol. The van der Waals surface area contributed by atoms with E-state index < -0.39 is 5.97 Å². The van der Waals surface area contributed by atoms with Crippen LogP contribution >= 0.6 is 0 Å². The molecule has 0 aliphatic carbocycles. The van der Waals surface area contributed by atoms with Crippen LogP contribution in [0.25, 0.3) is 0 Å². The van der Waals surface area contributed by atoms with Crippen LogP contribution in [0.2, 0.25) is 0 Å². The zero-order chi connectivity index (χ0) is 15.5. The smallest absolute Gasteiger partial charge is 0.319 e. The lowest BCUT2D eigenvalue weighted by molar-refractivity contribution is -0.137. The van der Waals surface area contributed by atoms with Crippen LogP contribution in [-0.2, 0) is 4.79 Å². The molecule has 116 valence electrons. The number of carboxylic acids is 1. The van der Waals surface area contributed by atoms with Crippen LogP contribution in [0.1, 0.15) is 39.0 Å². The second-order valence-electron chi connectivity index (χ2n) is 5.12. The molecule has 5 heteroatoms. The summed E-state index contributed by atoms with van der Waals surface area (Å²) in [7, 11) is 0. The quantitative estimate of drug-likeness (QED) is 0.652. The first-order chi connectivity index (χ1) is 10.1. The van der Waals surface area contributed by atoms with Gasteiger partial charge in [-0.15, -0.1) is 0 Å². The van der Waals surface area contributed by atoms with Gasteiger partial charge in [0.1, 0.15) is 0 Å². The van der Waals surface area contributed by atoms with Crippen LogP contribution in [0.15, 0.2) is 30.3 Å². The van der Waals surface area contributed by atoms with Gasteiger partial charge in [-0.05, 0) is 30.9 Å². The summed E-state index contributed by atoms with van der Waals surface area (Å²) in [6.45, 7) is 2.65. The molecule has 1 aromatic carbocycles. The van der Waals surface area contributed by atoms with Gasteiger partial charge in [0.15, 0.2) is 0 Å². The maximum atomic E-state index is 11.7. The maximum absolute atomic E-state index is 11.7. The highest BCUT2D eigenvalue weighted by Gasteiger charge is 2.10. The molecule has 0 aliphatic rings. The van der Waals surface area contributed by atoms with Crippen LogP contribution in [-0.4, -0.2) is 23.7 Å². The third-order valence-electron chi connectivity index (χ3n) is 3.33. The summed E-state index contributed by atoms with van der Waals surface area (Å²) < 4.78 is 0. The molecule has 0 saturated carbocycles. The van der Waals surface area contributed by atoms with Crippen molar-refractivity contribution in [2.24, 2.45) is 5.92 Å². The fraction of sp³-hybridized carbons (Fsp3) is 0.500. The Hall–Kier alpha value is -2.04. The number of anilines is 1. The summed E-state index contributed by atoms with van der Waals surface area (Å²) in [5.41, 5.74) is 0.756. The average Bonchev–Trinajstić information content (AvgIpc) is 2.45. The van der Waals surface area contributed by atoms with Crippen molar-refractivity contribution in [2.75, 3.05) is 11.9 Å². The normalized spacial score (nSPS) is 11.7. The number of aliphatic carboxylic acids is 1. The molecule has 0 bridgehead atoms. The van der Waals surface area contributed by atoms with Crippen molar-refractivity contribution in [2.45, 2.75) is 39.0 Å². The first kappa shape index (κ1) is 17.0. The van der Waals surface area contributed by atoms with Crippen molar-refractivity contribution < 1.29 is 14.7 Å². The van der Waals surface area contributed by atoms with Gasteiger partial charge in [-0.1, -0.05) is 38.0 Å². The first-order valence-electron chi connectivity index (χ1n) is 7.43. The van der Waals surface area contributed by atoms with Crippen molar-refractivity contribution >= 4 is 17.7 Å². The zero-order valence-corrected chi connectivity index (χ0v) is 12.5. The van der Waals surface area contributed by atoms with Crippen LogP contribution < -0.4 is 10.6 Å². The Bertz CT molecular complexity index is 434. The summed E-state index contributed by atoms with van der Waals surface area (Å²) in [4.78, 5) is 22.3. The van der Waals surface area contributed by atoms with E-state index in [1.165, 1.54) is 0 Å². The van der Waals surface area contributed by atoms with E-state index in [2.05, 4.69) is 17.6 Å². The fourth-order valence-electron chi connectivity index (χ4n) is 2.26. The molecule has 0 aromatic heterocycles. The maximum Gasteiger partial charge on any atom is 0.319 e. The topological polar surface area (TPSA) is 78.4 Å². The van der Waals surface area contributed by atoms with Gasteiger partial charge in [-0.25, -0.2) is 4.79 Å². The Morgan fingerprint density at radius 1 is 1.14 bits per heavy atom. The first-order valence-corrected chi connectivity index (χ1v) is 7.43. The number of carboxylic acid groups (broad SMARTS) is 1. The highest BCUT2D eigenvalue weighted by Crippen LogP contribution is 2.17. The minimum absolute atomic E-state index is 0.195. The van der Waals surface area contributed by atoms with Crippen LogP contribution in [0.4, 0.5) is 10.5 Å². The number of para-hydroxylation sites is 1. The molecule has 1 aromatic rings. The average molecular weight is 292 g/mol. The summed E-state index contributed by atoms with van der Waals surface area (Å²) in [6, 6.07) is 9.03. The highest BCUT2D eigenvalue weighted by molar-refractivity contribution is 5.89. The molecule has 1 atom stereocenters. The van der Waals surface area contributed by atoms with Gasteiger partial charge in [-0.3, -0.25) is 4.79 Å². The lowest BCUT2D eigenvalue weighted by Gasteiger charge is -2.15. The number of urea groups is 1. The van der Waals surface area contributed by atoms with E-state index in [1.807, 2.05) is 30.3 Å². The molecule has 3 N–H and O–H groups in total. The Kier molecular flexibility index (Phi) is 7.94. The standard InChI is InChI=1S/C16H24N2O3/c1-2-6-13(9-10-15(19)20)11-12-17-16(21)18-14-7-4-3-5-8-14/h3-5,7-8,13H,2,6,9-12H2,1H3,(H,19,20)(H2,17,18,21). The van der Waals surface area contributed by atoms with Crippen LogP contribution in [0.5, 0.6) is 0 Å². The van der Waals surface area contributed by atoms with Gasteiger partial charge in [-0.2, -0.15) is 0 Å². The molecule has 0 spiro atoms. The van der Waals surface area contributed by atoms with Crippen molar-refractivity contribution in [3.8, 4) is 0 Å². The lowest BCUT2D eigenvalue weighted by atomic mass is 9.94. The molecule has 0 fully saturated rings. The Morgan fingerprint density at radius 2 is 1.86 bits per heavy atom. The van der Waals surface area contributed by atoms with E-state index >= 15 is 0 Å². The van der Waals surface area contributed by atoms with Crippen LogP contribution in [0.3, 0.4) is 0 Å². The van der Waals surface area contributed by atoms with Gasteiger partial charge < -0.3 is 15.7 Å². The van der Waals surface area contributed by atoms with E-state index in [1.54, 1.807) is 0 Å². The molecule has 0 heterocycles. The van der Waals surface area contributed by atoms with E-state index in [0.29, 0.717) is 18.9 Å². The second-order valence-corrected chi connectivity index (χ2v) is 5.12. The van der Waals surface area contributed by atoms with Crippen molar-refractivity contribution in [1.82, 2.24) is 5.32 Å². The van der Waals surface area contributed by atoms with Gasteiger partial charge >= 0.3 is 12.0 Å². The highest BCUT2D eigenvalue weighted by atomic mass is 16.4. The number of carbonyl (C=O) groups is 2. The number of carbonyl (C=O) groups excluding carboxylic acids is 1. The van der Waals surface area contributed by atoms with E-state index in [4.69, 9.17) is 5.11 Å². The molecule has 2 amide bonds. The number of nitrogens with one attached hydrogen (secondary N) is 2. The molecule has 5 nitrogen and oxygen atoms in total. The molecule has 21 heavy (non-hydrogen) atoms. The molecular formula is C16H24N2O3. The summed E-state index contributed by atoms with van der Waals surface area (Å²) in [5.74, 6) is -0.408. The third kappa shape index (κ3) is 7.97. The van der Waals surface area contributed by atoms with E-state index in [0.717, 1.165) is 24.9 Å². The minimum atomic E-state index is -0.758. The molecule has 1 rings (SSSR count). The molecular weight excluding hydrogens is 268 g/mol. The largest absolute Gasteiger partial charge is 0.481 e. The van der Waals surface area contributed by atoms with E-state index in [9.17, 15) is 9.59 Å². The van der Waals surface area contributed by atoms with Gasteiger partial charge in [0.2, 0.25) is 0 Å². The summed E-state index contributed by atoms with van der Waals surface area (Å²) >= 11 is 0. The lowest BCUT2D eigenvalue weighted by Crippen LogP contribution is -2.30. The van der Waals surface area contributed by atoms with E-state index in [-0.39, 0.29) is 12.5 Å². The second kappa shape index (κ2) is 9.80. The van der Waals surface area contributed by atoms with Gasteiger partial charge in [0.25, 0.3) is 0 Å². The Balaban J connectivity index is 2.26. The Labute approximate surface area is 125 Å². The number of rotatable bonds is 9. The molecule has 0 radical (unpaired) electrons. The third-order valence-corrected chi connectivity index (χ3v) is 3.33. The summed E-state index contributed by atoms with van der Waals surface area (Å²) in [6.07, 6.45) is 3.70. The van der Waals surface area contributed by atoms with Crippen molar-refractivity contribution in [3.63, 3.8) is 0 Å². The molecule has 0 aliphatic heterocycles. The SMILES string of the molecule is CCCC(CCNC(=O)Nc1ccccc1)CCC(=O)O. The predicted octanol–water partition coefficient (Wildman–Crippen LogP) is 3.48. The number of benzene rings is 1. The number of hydrogen-bond acceptors (Lipinski definition) is 2. The molecule has 0 saturated heterocycles. The number of amides is 2. The fourth-order valence-corrected chi connectivity index (χ4v) is 2.26. The number of hydrogen-bond donors (Lipinski definition) is 3. The van der Waals surface area contributed by atoms with Gasteiger partial charge in [0, 0.05) is 18.7 Å². The Morgan fingerprint density at radius 3 is 2.48 bits per heavy atom. The predicted molar refractivity (Wildman–Crippen MR) is 83.3 cm³/mol. The minimum Gasteiger partial charge on any atom is -0.481 e. The molecule has 1 unspecified atom stereocenters.